The minimum absolute atomic E-state index is 0.598. The van der Waals surface area contributed by atoms with Crippen molar-refractivity contribution in [1.82, 2.24) is 0 Å². The minimum Gasteiger partial charge on any atom is -0.0651 e. The minimum atomic E-state index is 0.598. The summed E-state index contributed by atoms with van der Waals surface area (Å²) >= 11 is 0. The zero-order valence-corrected chi connectivity index (χ0v) is 20.6. The molecule has 0 saturated heterocycles. The smallest absolute Gasteiger partial charge is 0.00924 e. The van der Waals surface area contributed by atoms with Gasteiger partial charge in [0.1, 0.15) is 0 Å². The summed E-state index contributed by atoms with van der Waals surface area (Å²) < 4.78 is 0. The number of hydrogen-bond acceptors (Lipinski definition) is 0. The lowest BCUT2D eigenvalue weighted by Gasteiger charge is -2.51. The summed E-state index contributed by atoms with van der Waals surface area (Å²) in [5.74, 6) is 6.26. The first kappa shape index (κ1) is 22.2. The highest BCUT2D eigenvalue weighted by atomic mass is 14.5. The van der Waals surface area contributed by atoms with Gasteiger partial charge in [0.15, 0.2) is 0 Å². The summed E-state index contributed by atoms with van der Waals surface area (Å²) in [6, 6.07) is 17.8. The standard InChI is InChI=1S/C16H28.C16H16/c2*1-2-14-15-9-5-3-7-12(15)11-13-8-4-6-10-16(13)14/h12-16H,2-11H2,1H3;3-10,14H,2,11H2,1H3. The van der Waals surface area contributed by atoms with Gasteiger partial charge in [0.05, 0.1) is 0 Å². The van der Waals surface area contributed by atoms with Crippen LogP contribution >= 0.6 is 0 Å². The Bertz CT molecular complexity index is 812. The molecule has 32 heavy (non-hydrogen) atoms. The maximum atomic E-state index is 2.47. The topological polar surface area (TPSA) is 0 Å². The number of benzene rings is 2. The van der Waals surface area contributed by atoms with Crippen LogP contribution in [0, 0.1) is 29.6 Å². The first-order valence-corrected chi connectivity index (χ1v) is 14.0. The average Bonchev–Trinajstić information content (AvgIpc) is 2.86. The molecular formula is C32H44. The molecule has 172 valence electrons. The Morgan fingerprint density at radius 3 is 1.62 bits per heavy atom. The van der Waals surface area contributed by atoms with E-state index < -0.39 is 0 Å². The van der Waals surface area contributed by atoms with Gasteiger partial charge >= 0.3 is 0 Å². The third-order valence-corrected chi connectivity index (χ3v) is 9.76. The maximum Gasteiger partial charge on any atom is 0.00924 e. The third-order valence-electron chi connectivity index (χ3n) is 9.76. The molecule has 0 amide bonds. The van der Waals surface area contributed by atoms with Gasteiger partial charge in [-0.3, -0.25) is 0 Å². The van der Waals surface area contributed by atoms with Gasteiger partial charge in [-0.2, -0.15) is 0 Å². The van der Waals surface area contributed by atoms with Gasteiger partial charge in [0, 0.05) is 5.92 Å². The molecule has 4 aliphatic rings. The van der Waals surface area contributed by atoms with Crippen molar-refractivity contribution in [3.63, 3.8) is 0 Å². The number of rotatable bonds is 2. The third kappa shape index (κ3) is 4.32. The quantitative estimate of drug-likeness (QED) is 0.447. The molecule has 3 saturated carbocycles. The Hall–Kier alpha value is -1.56. The predicted octanol–water partition coefficient (Wildman–Crippen LogP) is 9.16. The van der Waals surface area contributed by atoms with E-state index in [1.54, 1.807) is 32.1 Å². The normalized spacial score (nSPS) is 31.2. The van der Waals surface area contributed by atoms with Gasteiger partial charge in [0.25, 0.3) is 0 Å². The van der Waals surface area contributed by atoms with Crippen LogP contribution in [-0.4, -0.2) is 0 Å². The van der Waals surface area contributed by atoms with E-state index in [4.69, 9.17) is 0 Å². The van der Waals surface area contributed by atoms with Crippen molar-refractivity contribution in [2.75, 3.05) is 0 Å². The van der Waals surface area contributed by atoms with E-state index in [0.717, 1.165) is 36.0 Å². The Balaban J connectivity index is 0.000000135. The van der Waals surface area contributed by atoms with E-state index in [1.807, 2.05) is 0 Å². The second-order valence-electron chi connectivity index (χ2n) is 11.3. The van der Waals surface area contributed by atoms with E-state index in [9.17, 15) is 0 Å². The van der Waals surface area contributed by atoms with E-state index in [2.05, 4.69) is 62.4 Å². The number of hydrogen-bond donors (Lipinski definition) is 0. The monoisotopic (exact) mass is 428 g/mol. The SMILES string of the molecule is CCC1C2CCCCC2CC2CCCCC21.CCC1c2ccccc2Cc2ccccc21. The lowest BCUT2D eigenvalue weighted by Crippen LogP contribution is -2.42. The summed E-state index contributed by atoms with van der Waals surface area (Å²) in [6.07, 6.45) is 17.8. The van der Waals surface area contributed by atoms with Gasteiger partial charge in [0.2, 0.25) is 0 Å². The fourth-order valence-electron chi connectivity index (χ4n) is 8.38. The molecule has 4 aliphatic carbocycles. The van der Waals surface area contributed by atoms with Crippen molar-refractivity contribution in [3.8, 4) is 0 Å². The summed E-state index contributed by atoms with van der Waals surface area (Å²) in [5, 5.41) is 0. The molecule has 4 atom stereocenters. The Labute approximate surface area is 197 Å². The van der Waals surface area contributed by atoms with Crippen molar-refractivity contribution in [3.05, 3.63) is 70.8 Å². The fraction of sp³-hybridized carbons (Fsp3) is 0.625. The van der Waals surface area contributed by atoms with Gasteiger partial charge in [-0.15, -0.1) is 0 Å². The van der Waals surface area contributed by atoms with Crippen molar-refractivity contribution in [1.29, 1.82) is 0 Å². The van der Waals surface area contributed by atoms with Gasteiger partial charge < -0.3 is 0 Å². The molecule has 0 radical (unpaired) electrons. The molecule has 0 aliphatic heterocycles. The van der Waals surface area contributed by atoms with Crippen molar-refractivity contribution >= 4 is 0 Å². The molecule has 4 unspecified atom stereocenters. The van der Waals surface area contributed by atoms with E-state index in [1.165, 1.54) is 60.8 Å². The Kier molecular flexibility index (Phi) is 7.05. The summed E-state index contributed by atoms with van der Waals surface area (Å²) in [4.78, 5) is 0. The maximum absolute atomic E-state index is 2.47. The molecule has 0 bridgehead atoms. The van der Waals surface area contributed by atoms with Crippen LogP contribution < -0.4 is 0 Å². The van der Waals surface area contributed by atoms with Crippen LogP contribution in [0.3, 0.4) is 0 Å². The molecule has 6 rings (SSSR count). The number of fused-ring (bicyclic) bond motifs is 4. The Morgan fingerprint density at radius 2 is 1.12 bits per heavy atom. The molecule has 2 aromatic carbocycles. The highest BCUT2D eigenvalue weighted by Gasteiger charge is 2.44. The van der Waals surface area contributed by atoms with Crippen LogP contribution in [-0.2, 0) is 6.42 Å². The summed E-state index contributed by atoms with van der Waals surface area (Å²) in [7, 11) is 0. The molecule has 0 spiro atoms. The molecule has 0 nitrogen and oxygen atoms in total. The highest BCUT2D eigenvalue weighted by molar-refractivity contribution is 5.48. The lowest BCUT2D eigenvalue weighted by molar-refractivity contribution is -0.0128. The second-order valence-corrected chi connectivity index (χ2v) is 11.3. The van der Waals surface area contributed by atoms with Crippen molar-refractivity contribution in [2.24, 2.45) is 29.6 Å². The van der Waals surface area contributed by atoms with Crippen molar-refractivity contribution < 1.29 is 0 Å². The highest BCUT2D eigenvalue weighted by Crippen LogP contribution is 2.54. The molecule has 0 heterocycles. The van der Waals surface area contributed by atoms with Crippen LogP contribution in [0.25, 0.3) is 0 Å². The van der Waals surface area contributed by atoms with Crippen LogP contribution in [0.1, 0.15) is 113 Å². The first-order valence-electron chi connectivity index (χ1n) is 14.0. The van der Waals surface area contributed by atoms with Crippen LogP contribution in [0.15, 0.2) is 48.5 Å². The van der Waals surface area contributed by atoms with Crippen LogP contribution in [0.2, 0.25) is 0 Å². The summed E-state index contributed by atoms with van der Waals surface area (Å²) in [6.45, 7) is 4.75. The zero-order chi connectivity index (χ0) is 21.9. The molecular weight excluding hydrogens is 384 g/mol. The fourth-order valence-corrected chi connectivity index (χ4v) is 8.38. The molecule has 0 N–H and O–H groups in total. The average molecular weight is 429 g/mol. The zero-order valence-electron chi connectivity index (χ0n) is 20.6. The molecule has 2 aromatic rings. The van der Waals surface area contributed by atoms with Crippen molar-refractivity contribution in [2.45, 2.75) is 96.8 Å². The molecule has 3 fully saturated rings. The lowest BCUT2D eigenvalue weighted by atomic mass is 9.54. The van der Waals surface area contributed by atoms with E-state index in [0.29, 0.717) is 5.92 Å². The van der Waals surface area contributed by atoms with Crippen LogP contribution in [0.4, 0.5) is 0 Å². The summed E-state index contributed by atoms with van der Waals surface area (Å²) in [5.41, 5.74) is 6.08. The largest absolute Gasteiger partial charge is 0.0651 e. The van der Waals surface area contributed by atoms with Crippen LogP contribution in [0.5, 0.6) is 0 Å². The van der Waals surface area contributed by atoms with Gasteiger partial charge in [-0.1, -0.05) is 107 Å². The second kappa shape index (κ2) is 10.1. The molecule has 0 heteroatoms. The van der Waals surface area contributed by atoms with E-state index >= 15 is 0 Å². The first-order chi connectivity index (χ1) is 15.8. The predicted molar refractivity (Wildman–Crippen MR) is 137 cm³/mol. The van der Waals surface area contributed by atoms with Gasteiger partial charge in [-0.25, -0.2) is 0 Å². The molecule has 0 aromatic heterocycles. The van der Waals surface area contributed by atoms with Gasteiger partial charge in [-0.05, 0) is 83.9 Å². The van der Waals surface area contributed by atoms with E-state index in [-0.39, 0.29) is 0 Å². The Morgan fingerprint density at radius 1 is 0.625 bits per heavy atom.